The van der Waals surface area contributed by atoms with Gasteiger partial charge in [-0.15, -0.1) is 0 Å². The van der Waals surface area contributed by atoms with Crippen molar-refractivity contribution in [2.45, 2.75) is 27.2 Å². The number of hydrogen-bond acceptors (Lipinski definition) is 4. The number of carbonyl (C=O) groups is 2. The van der Waals surface area contributed by atoms with E-state index in [1.165, 1.54) is 29.2 Å². The van der Waals surface area contributed by atoms with Crippen molar-refractivity contribution >= 4 is 23.1 Å². The van der Waals surface area contributed by atoms with E-state index in [-0.39, 0.29) is 29.6 Å². The molecule has 1 N–H and O–H groups in total. The van der Waals surface area contributed by atoms with Crippen LogP contribution in [0.5, 0.6) is 0 Å². The van der Waals surface area contributed by atoms with Crippen LogP contribution in [0.25, 0.3) is 5.57 Å². The lowest BCUT2D eigenvalue weighted by Crippen LogP contribution is -2.34. The van der Waals surface area contributed by atoms with Crippen LogP contribution in [0.15, 0.2) is 48.2 Å². The maximum Gasteiger partial charge on any atom is 0.278 e. The second kappa shape index (κ2) is 9.01. The number of nitrogens with zero attached hydrogens (tertiary/aromatic N) is 1. The molecule has 0 atom stereocenters. The van der Waals surface area contributed by atoms with Crippen molar-refractivity contribution in [1.29, 1.82) is 0 Å². The third-order valence-corrected chi connectivity index (χ3v) is 4.67. The average Bonchev–Trinajstić information content (AvgIpc) is 2.89. The van der Waals surface area contributed by atoms with Crippen LogP contribution in [0.1, 0.15) is 30.0 Å². The zero-order valence-corrected chi connectivity index (χ0v) is 16.9. The number of anilines is 1. The highest BCUT2D eigenvalue weighted by Crippen LogP contribution is 2.31. The highest BCUT2D eigenvalue weighted by atomic mass is 19.1. The Morgan fingerprint density at radius 2 is 1.66 bits per heavy atom. The van der Waals surface area contributed by atoms with Crippen LogP contribution in [0.3, 0.4) is 0 Å². The molecule has 0 spiro atoms. The molecule has 3 rings (SSSR count). The van der Waals surface area contributed by atoms with Crippen LogP contribution in [0.2, 0.25) is 0 Å². The van der Waals surface area contributed by atoms with Crippen molar-refractivity contribution in [1.82, 2.24) is 4.90 Å². The van der Waals surface area contributed by atoms with Gasteiger partial charge in [-0.25, -0.2) is 4.39 Å². The van der Waals surface area contributed by atoms with Crippen LogP contribution < -0.4 is 5.32 Å². The average molecular weight is 396 g/mol. The van der Waals surface area contributed by atoms with Crippen LogP contribution in [-0.4, -0.2) is 36.5 Å². The third kappa shape index (κ3) is 4.71. The number of hydrogen-bond donors (Lipinski definition) is 1. The first-order valence-corrected chi connectivity index (χ1v) is 9.70. The van der Waals surface area contributed by atoms with E-state index in [9.17, 15) is 14.0 Å². The largest absolute Gasteiger partial charge is 0.382 e. The normalized spacial score (nSPS) is 14.1. The predicted octanol–water partition coefficient (Wildman–Crippen LogP) is 4.06. The summed E-state index contributed by atoms with van der Waals surface area (Å²) in [5.41, 5.74) is 3.79. The first-order chi connectivity index (χ1) is 13.9. The van der Waals surface area contributed by atoms with Crippen molar-refractivity contribution in [2.75, 3.05) is 25.1 Å². The zero-order chi connectivity index (χ0) is 21.0. The molecule has 2 aromatic carbocycles. The quantitative estimate of drug-likeness (QED) is 0.540. The Balaban J connectivity index is 1.96. The molecule has 0 aromatic heterocycles. The molecule has 1 heterocycles. The first kappa shape index (κ1) is 20.7. The Morgan fingerprint density at radius 3 is 2.28 bits per heavy atom. The number of amides is 2. The van der Waals surface area contributed by atoms with E-state index in [1.54, 1.807) is 0 Å². The molecule has 0 bridgehead atoms. The van der Waals surface area contributed by atoms with Gasteiger partial charge in [0.15, 0.2) is 0 Å². The molecule has 29 heavy (non-hydrogen) atoms. The number of rotatable bonds is 8. The van der Waals surface area contributed by atoms with Gasteiger partial charge in [-0.1, -0.05) is 18.2 Å². The number of benzene rings is 2. The number of imide groups is 1. The summed E-state index contributed by atoms with van der Waals surface area (Å²) in [5.74, 6) is -1.17. The molecule has 0 aliphatic carbocycles. The number of nitrogens with one attached hydrogen (secondary N) is 1. The molecular weight excluding hydrogens is 371 g/mol. The van der Waals surface area contributed by atoms with Crippen LogP contribution in [-0.2, 0) is 14.3 Å². The molecule has 1 aliphatic rings. The standard InChI is InChI=1S/C23H25FN2O3/c1-4-29-11-5-10-26-22(27)20(17-6-8-18(24)9-7-17)21(23(26)28)25-19-13-15(2)12-16(3)14-19/h6-9,12-14,25H,4-5,10-11H2,1-3H3. The van der Waals surface area contributed by atoms with Gasteiger partial charge < -0.3 is 10.1 Å². The van der Waals surface area contributed by atoms with Gasteiger partial charge in [0, 0.05) is 25.4 Å². The highest BCUT2D eigenvalue weighted by molar-refractivity contribution is 6.36. The lowest BCUT2D eigenvalue weighted by Gasteiger charge is -2.15. The third-order valence-electron chi connectivity index (χ3n) is 4.67. The summed E-state index contributed by atoms with van der Waals surface area (Å²) in [4.78, 5) is 27.4. The summed E-state index contributed by atoms with van der Waals surface area (Å²) in [6.45, 7) is 7.15. The second-order valence-electron chi connectivity index (χ2n) is 7.07. The Bertz CT molecular complexity index is 931. The van der Waals surface area contributed by atoms with Crippen LogP contribution >= 0.6 is 0 Å². The minimum Gasteiger partial charge on any atom is -0.382 e. The van der Waals surface area contributed by atoms with Gasteiger partial charge in [0.2, 0.25) is 0 Å². The van der Waals surface area contributed by atoms with Gasteiger partial charge in [0.25, 0.3) is 11.8 Å². The van der Waals surface area contributed by atoms with Crippen molar-refractivity contribution in [3.05, 3.63) is 70.7 Å². The molecule has 5 nitrogen and oxygen atoms in total. The molecular formula is C23H25FN2O3. The van der Waals surface area contributed by atoms with E-state index in [2.05, 4.69) is 5.32 Å². The summed E-state index contributed by atoms with van der Waals surface area (Å²) < 4.78 is 18.7. The lowest BCUT2D eigenvalue weighted by molar-refractivity contribution is -0.137. The molecule has 2 aromatic rings. The van der Waals surface area contributed by atoms with Gasteiger partial charge in [0.05, 0.1) is 5.57 Å². The fraction of sp³-hybridized carbons (Fsp3) is 0.304. The Labute approximate surface area is 170 Å². The van der Waals surface area contributed by atoms with Crippen molar-refractivity contribution in [3.63, 3.8) is 0 Å². The van der Waals surface area contributed by atoms with Gasteiger partial charge in [0.1, 0.15) is 11.5 Å². The fourth-order valence-corrected chi connectivity index (χ4v) is 3.44. The number of halogens is 1. The summed E-state index contributed by atoms with van der Waals surface area (Å²) in [6, 6.07) is 11.5. The van der Waals surface area contributed by atoms with Crippen molar-refractivity contribution in [3.8, 4) is 0 Å². The van der Waals surface area contributed by atoms with E-state index in [4.69, 9.17) is 4.74 Å². The Hall–Kier alpha value is -2.99. The first-order valence-electron chi connectivity index (χ1n) is 9.70. The molecule has 152 valence electrons. The van der Waals surface area contributed by atoms with E-state index in [0.717, 1.165) is 16.8 Å². The molecule has 1 aliphatic heterocycles. The molecule has 2 amide bonds. The molecule has 0 unspecified atom stereocenters. The fourth-order valence-electron chi connectivity index (χ4n) is 3.44. The monoisotopic (exact) mass is 396 g/mol. The van der Waals surface area contributed by atoms with Crippen LogP contribution in [0, 0.1) is 19.7 Å². The van der Waals surface area contributed by atoms with E-state index < -0.39 is 5.82 Å². The summed E-state index contributed by atoms with van der Waals surface area (Å²) >= 11 is 0. The zero-order valence-electron chi connectivity index (χ0n) is 16.9. The molecule has 0 fully saturated rings. The number of aryl methyl sites for hydroxylation is 2. The minimum atomic E-state index is -0.400. The summed E-state index contributed by atoms with van der Waals surface area (Å²) in [5, 5.41) is 3.14. The van der Waals surface area contributed by atoms with E-state index in [1.807, 2.05) is 39.0 Å². The maximum atomic E-state index is 13.4. The van der Waals surface area contributed by atoms with Gasteiger partial charge in [-0.05, 0) is 68.1 Å². The number of carbonyl (C=O) groups excluding carboxylic acids is 2. The molecule has 0 saturated heterocycles. The maximum absolute atomic E-state index is 13.4. The number of ether oxygens (including phenoxy) is 1. The van der Waals surface area contributed by atoms with Crippen LogP contribution in [0.4, 0.5) is 10.1 Å². The van der Waals surface area contributed by atoms with E-state index >= 15 is 0 Å². The smallest absolute Gasteiger partial charge is 0.278 e. The van der Waals surface area contributed by atoms with Crippen molar-refractivity contribution in [2.24, 2.45) is 0 Å². The topological polar surface area (TPSA) is 58.6 Å². The summed E-state index contributed by atoms with van der Waals surface area (Å²) in [7, 11) is 0. The Morgan fingerprint density at radius 1 is 1.00 bits per heavy atom. The highest BCUT2D eigenvalue weighted by Gasteiger charge is 2.38. The summed E-state index contributed by atoms with van der Waals surface area (Å²) in [6.07, 6.45) is 0.554. The van der Waals surface area contributed by atoms with Gasteiger partial charge in [-0.2, -0.15) is 0 Å². The Kier molecular flexibility index (Phi) is 6.44. The van der Waals surface area contributed by atoms with E-state index in [0.29, 0.717) is 25.2 Å². The van der Waals surface area contributed by atoms with Gasteiger partial charge in [-0.3, -0.25) is 14.5 Å². The van der Waals surface area contributed by atoms with Gasteiger partial charge >= 0.3 is 0 Å². The molecule has 0 radical (unpaired) electrons. The predicted molar refractivity (Wildman–Crippen MR) is 111 cm³/mol. The molecule has 0 saturated carbocycles. The lowest BCUT2D eigenvalue weighted by atomic mass is 10.0. The second-order valence-corrected chi connectivity index (χ2v) is 7.07. The minimum absolute atomic E-state index is 0.211. The van der Waals surface area contributed by atoms with Crippen molar-refractivity contribution < 1.29 is 18.7 Å². The molecule has 6 heteroatoms. The SMILES string of the molecule is CCOCCCN1C(=O)C(Nc2cc(C)cc(C)c2)=C(c2ccc(F)cc2)C1=O.